The van der Waals surface area contributed by atoms with E-state index in [2.05, 4.69) is 0 Å². The Bertz CT molecular complexity index is 350. The number of rotatable bonds is 2. The summed E-state index contributed by atoms with van der Waals surface area (Å²) < 4.78 is 0. The van der Waals surface area contributed by atoms with Crippen molar-refractivity contribution in [2.24, 2.45) is 0 Å². The van der Waals surface area contributed by atoms with Crippen LogP contribution >= 0.6 is 0 Å². The van der Waals surface area contributed by atoms with Crippen molar-refractivity contribution >= 4 is 17.5 Å². The lowest BCUT2D eigenvalue weighted by Gasteiger charge is -2.04. The zero-order valence-electron chi connectivity index (χ0n) is 6.39. The third kappa shape index (κ3) is 2.44. The predicted octanol–water partition coefficient (Wildman–Crippen LogP) is 0.350. The number of hydrogen-bond acceptors (Lipinski definition) is 4. The van der Waals surface area contributed by atoms with Crippen LogP contribution in [0.1, 0.15) is 0 Å². The monoisotopic (exact) mass is 181 g/mol. The Morgan fingerprint density at radius 2 is 2.15 bits per heavy atom. The molecule has 0 bridgehead atoms. The van der Waals surface area contributed by atoms with Gasteiger partial charge in [-0.05, 0) is 6.07 Å². The predicted molar refractivity (Wildman–Crippen MR) is 42.1 cm³/mol. The van der Waals surface area contributed by atoms with Gasteiger partial charge in [-0.25, -0.2) is 0 Å². The molecule has 1 N–H and O–H groups in total. The van der Waals surface area contributed by atoms with E-state index in [0.29, 0.717) is 0 Å². The van der Waals surface area contributed by atoms with Crippen molar-refractivity contribution in [3.63, 3.8) is 0 Å². The molecule has 0 heterocycles. The van der Waals surface area contributed by atoms with E-state index in [1.165, 1.54) is 18.2 Å². The Morgan fingerprint density at radius 1 is 1.46 bits per heavy atom. The van der Waals surface area contributed by atoms with Crippen LogP contribution in [-0.2, 0) is 0 Å². The Morgan fingerprint density at radius 3 is 2.69 bits per heavy atom. The van der Waals surface area contributed by atoms with E-state index in [-0.39, 0.29) is 11.4 Å². The summed E-state index contributed by atoms with van der Waals surface area (Å²) in [6, 6.07) is 5.14. The lowest BCUT2D eigenvalue weighted by molar-refractivity contribution is -0.384. The number of anilines is 1. The normalized spacial score (nSPS) is 9.23. The largest absolute Gasteiger partial charge is 0.530 e. The third-order valence-corrected chi connectivity index (χ3v) is 1.30. The van der Waals surface area contributed by atoms with Gasteiger partial charge in [0.15, 0.2) is 0 Å². The Hall–Kier alpha value is -2.11. The molecule has 0 atom stereocenters. The van der Waals surface area contributed by atoms with Crippen LogP contribution < -0.4 is 10.4 Å². The molecule has 0 radical (unpaired) electrons. The van der Waals surface area contributed by atoms with Gasteiger partial charge in [0.05, 0.1) is 4.92 Å². The van der Waals surface area contributed by atoms with Gasteiger partial charge in [0.2, 0.25) is 0 Å². The van der Waals surface area contributed by atoms with E-state index in [9.17, 15) is 20.0 Å². The third-order valence-electron chi connectivity index (χ3n) is 1.30. The van der Waals surface area contributed by atoms with E-state index in [1.807, 2.05) is 5.32 Å². The first-order valence-corrected chi connectivity index (χ1v) is 3.32. The number of amides is 1. The molecule has 0 aliphatic carbocycles. The highest BCUT2D eigenvalue weighted by Gasteiger charge is 2.04. The second kappa shape index (κ2) is 3.53. The minimum Gasteiger partial charge on any atom is -0.530 e. The molecule has 0 unspecified atom stereocenters. The number of nitro benzene ring substituents is 1. The van der Waals surface area contributed by atoms with Crippen LogP contribution in [0.25, 0.3) is 0 Å². The van der Waals surface area contributed by atoms with E-state index in [0.717, 1.165) is 6.07 Å². The Labute approximate surface area is 73.0 Å². The molecular formula is C7H5N2O4-. The topological polar surface area (TPSA) is 95.3 Å². The number of carbonyl (C=O) groups is 1. The molecule has 0 aliphatic heterocycles. The first-order valence-electron chi connectivity index (χ1n) is 3.32. The van der Waals surface area contributed by atoms with Crippen LogP contribution in [0.3, 0.4) is 0 Å². The summed E-state index contributed by atoms with van der Waals surface area (Å²) in [6.07, 6.45) is -1.50. The fourth-order valence-corrected chi connectivity index (χ4v) is 0.815. The number of benzene rings is 1. The van der Waals surface area contributed by atoms with Crippen molar-refractivity contribution in [1.82, 2.24) is 0 Å². The number of nitrogens with one attached hydrogen (secondary N) is 1. The highest BCUT2D eigenvalue weighted by Crippen LogP contribution is 2.16. The Kier molecular flexibility index (Phi) is 2.44. The molecule has 1 aromatic carbocycles. The van der Waals surface area contributed by atoms with Gasteiger partial charge in [0, 0.05) is 17.8 Å². The maximum absolute atomic E-state index is 10.3. The minimum atomic E-state index is -1.50. The summed E-state index contributed by atoms with van der Waals surface area (Å²) in [7, 11) is 0. The first kappa shape index (κ1) is 8.98. The molecule has 1 amide bonds. The van der Waals surface area contributed by atoms with Crippen LogP contribution in [0.5, 0.6) is 0 Å². The maximum atomic E-state index is 10.3. The summed E-state index contributed by atoms with van der Waals surface area (Å²) in [4.78, 5) is 19.7. The van der Waals surface area contributed by atoms with Crippen molar-refractivity contribution < 1.29 is 14.8 Å². The van der Waals surface area contributed by atoms with Gasteiger partial charge >= 0.3 is 0 Å². The number of nitro groups is 1. The van der Waals surface area contributed by atoms with Crippen molar-refractivity contribution in [3.8, 4) is 0 Å². The van der Waals surface area contributed by atoms with Crippen LogP contribution in [0.2, 0.25) is 0 Å². The lowest BCUT2D eigenvalue weighted by atomic mass is 10.3. The summed E-state index contributed by atoms with van der Waals surface area (Å²) in [5, 5.41) is 22.2. The molecule has 0 saturated carbocycles. The number of carboxylic acid groups (broad SMARTS) is 1. The van der Waals surface area contributed by atoms with Gasteiger partial charge in [-0.2, -0.15) is 0 Å². The van der Waals surface area contributed by atoms with Gasteiger partial charge in [-0.3, -0.25) is 10.1 Å². The molecule has 0 aromatic heterocycles. The minimum absolute atomic E-state index is 0.120. The fraction of sp³-hybridized carbons (Fsp3) is 0. The van der Waals surface area contributed by atoms with Crippen molar-refractivity contribution in [3.05, 3.63) is 34.4 Å². The quantitative estimate of drug-likeness (QED) is 0.525. The zero-order valence-corrected chi connectivity index (χ0v) is 6.39. The van der Waals surface area contributed by atoms with E-state index in [1.54, 1.807) is 0 Å². The molecule has 6 heteroatoms. The summed E-state index contributed by atoms with van der Waals surface area (Å²) >= 11 is 0. The van der Waals surface area contributed by atoms with Gasteiger partial charge in [0.1, 0.15) is 6.09 Å². The molecular weight excluding hydrogens is 176 g/mol. The van der Waals surface area contributed by atoms with Crippen molar-refractivity contribution in [2.45, 2.75) is 0 Å². The molecule has 0 saturated heterocycles. The number of nitrogens with zero attached hydrogens (tertiary/aromatic N) is 1. The van der Waals surface area contributed by atoms with E-state index in [4.69, 9.17) is 0 Å². The van der Waals surface area contributed by atoms with Crippen LogP contribution in [-0.4, -0.2) is 11.0 Å². The number of carbonyl (C=O) groups excluding carboxylic acids is 1. The Balaban J connectivity index is 2.91. The first-order chi connectivity index (χ1) is 6.09. The SMILES string of the molecule is O=C([O-])Nc1cccc([N+](=O)[O-])c1. The van der Waals surface area contributed by atoms with Gasteiger partial charge in [-0.1, -0.05) is 6.07 Å². The molecule has 6 nitrogen and oxygen atoms in total. The molecule has 68 valence electrons. The average Bonchev–Trinajstić information content (AvgIpc) is 2.03. The fourth-order valence-electron chi connectivity index (χ4n) is 0.815. The van der Waals surface area contributed by atoms with Crippen molar-refractivity contribution in [2.75, 3.05) is 5.32 Å². The van der Waals surface area contributed by atoms with Crippen LogP contribution in [0.4, 0.5) is 16.2 Å². The average molecular weight is 181 g/mol. The maximum Gasteiger partial charge on any atom is 0.271 e. The summed E-state index contributed by atoms with van der Waals surface area (Å²) in [5.74, 6) is 0. The van der Waals surface area contributed by atoms with Crippen LogP contribution in [0, 0.1) is 10.1 Å². The molecule has 0 aliphatic rings. The number of hydrogen-bond donors (Lipinski definition) is 1. The van der Waals surface area contributed by atoms with Crippen LogP contribution in [0.15, 0.2) is 24.3 Å². The zero-order chi connectivity index (χ0) is 9.84. The number of non-ortho nitro benzene ring substituents is 1. The molecule has 0 spiro atoms. The smallest absolute Gasteiger partial charge is 0.271 e. The van der Waals surface area contributed by atoms with E-state index >= 15 is 0 Å². The van der Waals surface area contributed by atoms with Gasteiger partial charge in [-0.15, -0.1) is 0 Å². The van der Waals surface area contributed by atoms with Gasteiger partial charge in [0.25, 0.3) is 5.69 Å². The second-order valence-electron chi connectivity index (χ2n) is 2.22. The standard InChI is InChI=1S/C7H6N2O4/c10-7(11)8-5-2-1-3-6(4-5)9(12)13/h1-4,8H,(H,10,11)/p-1. The molecule has 1 aromatic rings. The van der Waals surface area contributed by atoms with E-state index < -0.39 is 11.0 Å². The highest BCUT2D eigenvalue weighted by molar-refractivity contribution is 5.81. The summed E-state index contributed by atoms with van der Waals surface area (Å²) in [6.45, 7) is 0. The molecule has 0 fully saturated rings. The molecule has 1 rings (SSSR count). The van der Waals surface area contributed by atoms with Crippen molar-refractivity contribution in [1.29, 1.82) is 0 Å². The summed E-state index contributed by atoms with van der Waals surface area (Å²) in [5.41, 5.74) is -0.0551. The second-order valence-corrected chi connectivity index (χ2v) is 2.22. The van der Waals surface area contributed by atoms with Gasteiger partial charge < -0.3 is 15.2 Å². The lowest BCUT2D eigenvalue weighted by Crippen LogP contribution is -2.28. The molecule has 13 heavy (non-hydrogen) atoms. The highest BCUT2D eigenvalue weighted by atomic mass is 16.6.